The van der Waals surface area contributed by atoms with Crippen LogP contribution in [0, 0.1) is 5.92 Å². The molecule has 0 aromatic rings. The zero-order chi connectivity index (χ0) is 11.7. The molecule has 2 heterocycles. The highest BCUT2D eigenvalue weighted by Gasteiger charge is 2.33. The summed E-state index contributed by atoms with van der Waals surface area (Å²) in [6, 6.07) is 2.48. The Bertz CT molecular complexity index is 247. The number of fused-ring (bicyclic) bond motifs is 1. The maximum Gasteiger partial charge on any atom is 0.0111 e. The van der Waals surface area contributed by atoms with Crippen molar-refractivity contribution in [2.24, 2.45) is 5.92 Å². The highest BCUT2D eigenvalue weighted by molar-refractivity contribution is 4.91. The predicted molar refractivity (Wildman–Crippen MR) is 72.2 cm³/mol. The summed E-state index contributed by atoms with van der Waals surface area (Å²) in [6.45, 7) is 5.15. The molecule has 0 spiro atoms. The maximum absolute atomic E-state index is 3.95. The van der Waals surface area contributed by atoms with E-state index in [2.05, 4.69) is 17.1 Å². The Morgan fingerprint density at radius 3 is 2.65 bits per heavy atom. The summed E-state index contributed by atoms with van der Waals surface area (Å²) in [5, 5.41) is 3.95. The molecule has 98 valence electrons. The second-order valence-electron chi connectivity index (χ2n) is 6.55. The Morgan fingerprint density at radius 2 is 1.82 bits per heavy atom. The first kappa shape index (κ1) is 12.0. The average molecular weight is 236 g/mol. The minimum atomic E-state index is 0.760. The van der Waals surface area contributed by atoms with Crippen LogP contribution in [-0.4, -0.2) is 36.1 Å². The number of rotatable bonds is 3. The van der Waals surface area contributed by atoms with Crippen LogP contribution in [0.5, 0.6) is 0 Å². The zero-order valence-corrected chi connectivity index (χ0v) is 11.3. The first-order valence-corrected chi connectivity index (χ1v) is 7.83. The van der Waals surface area contributed by atoms with Gasteiger partial charge < -0.3 is 10.2 Å². The van der Waals surface area contributed by atoms with E-state index in [1.807, 2.05) is 0 Å². The van der Waals surface area contributed by atoms with Gasteiger partial charge in [-0.1, -0.05) is 12.8 Å². The molecule has 3 aliphatic rings. The smallest absolute Gasteiger partial charge is 0.0111 e. The van der Waals surface area contributed by atoms with Gasteiger partial charge in [0.05, 0.1) is 0 Å². The molecule has 1 N–H and O–H groups in total. The monoisotopic (exact) mass is 236 g/mol. The molecule has 0 aromatic carbocycles. The third kappa shape index (κ3) is 2.68. The number of nitrogens with one attached hydrogen (secondary N) is 1. The summed E-state index contributed by atoms with van der Waals surface area (Å²) < 4.78 is 0. The van der Waals surface area contributed by atoms with Gasteiger partial charge in [0, 0.05) is 18.1 Å². The lowest BCUT2D eigenvalue weighted by atomic mass is 9.94. The second-order valence-corrected chi connectivity index (χ2v) is 6.55. The van der Waals surface area contributed by atoms with Gasteiger partial charge in [-0.05, 0) is 64.5 Å². The first-order valence-electron chi connectivity index (χ1n) is 7.83. The highest BCUT2D eigenvalue weighted by atomic mass is 15.2. The standard InChI is InChI=1S/C15H28N2/c1-12(13-5-2-3-6-13)16-14-8-10-17-9-4-7-15(17)11-14/h12-16H,2-11H2,1H3. The van der Waals surface area contributed by atoms with E-state index < -0.39 is 0 Å². The SMILES string of the molecule is CC(NC1CCN2CCCC2C1)C1CCCC1. The molecule has 3 atom stereocenters. The molecule has 2 nitrogen and oxygen atoms in total. The fourth-order valence-corrected chi connectivity index (χ4v) is 4.34. The topological polar surface area (TPSA) is 15.3 Å². The fraction of sp³-hybridized carbons (Fsp3) is 1.00. The van der Waals surface area contributed by atoms with Gasteiger partial charge >= 0.3 is 0 Å². The van der Waals surface area contributed by atoms with Gasteiger partial charge in [0.25, 0.3) is 0 Å². The number of hydrogen-bond donors (Lipinski definition) is 1. The lowest BCUT2D eigenvalue weighted by molar-refractivity contribution is 0.155. The molecule has 1 saturated carbocycles. The van der Waals surface area contributed by atoms with Gasteiger partial charge in [0.2, 0.25) is 0 Å². The lowest BCUT2D eigenvalue weighted by Gasteiger charge is -2.37. The van der Waals surface area contributed by atoms with Crippen molar-refractivity contribution in [3.63, 3.8) is 0 Å². The second kappa shape index (κ2) is 5.27. The van der Waals surface area contributed by atoms with Gasteiger partial charge in [0.1, 0.15) is 0 Å². The van der Waals surface area contributed by atoms with E-state index in [0.717, 1.165) is 24.0 Å². The molecule has 2 heteroatoms. The van der Waals surface area contributed by atoms with E-state index in [1.165, 1.54) is 64.5 Å². The van der Waals surface area contributed by atoms with Crippen molar-refractivity contribution in [3.8, 4) is 0 Å². The summed E-state index contributed by atoms with van der Waals surface area (Å²) in [4.78, 5) is 2.72. The van der Waals surface area contributed by atoms with Crippen molar-refractivity contribution in [1.29, 1.82) is 0 Å². The summed E-state index contributed by atoms with van der Waals surface area (Å²) >= 11 is 0. The molecule has 0 bridgehead atoms. The van der Waals surface area contributed by atoms with Crippen LogP contribution in [0.2, 0.25) is 0 Å². The zero-order valence-electron chi connectivity index (χ0n) is 11.3. The van der Waals surface area contributed by atoms with Crippen LogP contribution in [0.25, 0.3) is 0 Å². The summed E-state index contributed by atoms with van der Waals surface area (Å²) in [6.07, 6.45) is 11.6. The van der Waals surface area contributed by atoms with Crippen molar-refractivity contribution in [1.82, 2.24) is 10.2 Å². The molecule has 3 fully saturated rings. The largest absolute Gasteiger partial charge is 0.311 e. The highest BCUT2D eigenvalue weighted by Crippen LogP contribution is 2.30. The van der Waals surface area contributed by atoms with Gasteiger partial charge in [-0.3, -0.25) is 0 Å². The Balaban J connectivity index is 1.48. The van der Waals surface area contributed by atoms with Gasteiger partial charge in [-0.15, -0.1) is 0 Å². The van der Waals surface area contributed by atoms with E-state index in [9.17, 15) is 0 Å². The molecular formula is C15H28N2. The molecule has 0 aromatic heterocycles. The van der Waals surface area contributed by atoms with E-state index in [0.29, 0.717) is 0 Å². The van der Waals surface area contributed by atoms with Crippen LogP contribution in [-0.2, 0) is 0 Å². The number of hydrogen-bond acceptors (Lipinski definition) is 2. The minimum Gasteiger partial charge on any atom is -0.311 e. The Labute approximate surface area is 106 Å². The lowest BCUT2D eigenvalue weighted by Crippen LogP contribution is -2.49. The van der Waals surface area contributed by atoms with Crippen molar-refractivity contribution in [2.75, 3.05) is 13.1 Å². The van der Waals surface area contributed by atoms with E-state index in [4.69, 9.17) is 0 Å². The van der Waals surface area contributed by atoms with Crippen LogP contribution in [0.4, 0.5) is 0 Å². The van der Waals surface area contributed by atoms with Crippen LogP contribution < -0.4 is 5.32 Å². The van der Waals surface area contributed by atoms with Crippen molar-refractivity contribution in [2.45, 2.75) is 76.4 Å². The van der Waals surface area contributed by atoms with Crippen LogP contribution in [0.3, 0.4) is 0 Å². The Morgan fingerprint density at radius 1 is 1.00 bits per heavy atom. The fourth-order valence-electron chi connectivity index (χ4n) is 4.34. The average Bonchev–Trinajstić information content (AvgIpc) is 2.99. The predicted octanol–water partition coefficient (Wildman–Crippen LogP) is 2.78. The van der Waals surface area contributed by atoms with Crippen LogP contribution in [0.1, 0.15) is 58.3 Å². The Kier molecular flexibility index (Phi) is 3.72. The number of nitrogens with zero attached hydrogens (tertiary/aromatic N) is 1. The van der Waals surface area contributed by atoms with Gasteiger partial charge in [0.15, 0.2) is 0 Å². The Hall–Kier alpha value is -0.0800. The molecule has 3 unspecified atom stereocenters. The third-order valence-corrected chi connectivity index (χ3v) is 5.43. The quantitative estimate of drug-likeness (QED) is 0.810. The normalized spacial score (nSPS) is 37.2. The van der Waals surface area contributed by atoms with Crippen molar-refractivity contribution < 1.29 is 0 Å². The third-order valence-electron chi connectivity index (χ3n) is 5.43. The van der Waals surface area contributed by atoms with E-state index in [1.54, 1.807) is 0 Å². The number of piperidine rings is 1. The maximum atomic E-state index is 3.95. The molecule has 2 aliphatic heterocycles. The summed E-state index contributed by atoms with van der Waals surface area (Å²) in [7, 11) is 0. The minimum absolute atomic E-state index is 0.760. The molecule has 0 radical (unpaired) electrons. The molecule has 2 saturated heterocycles. The van der Waals surface area contributed by atoms with Gasteiger partial charge in [-0.2, -0.15) is 0 Å². The van der Waals surface area contributed by atoms with Crippen LogP contribution >= 0.6 is 0 Å². The van der Waals surface area contributed by atoms with Crippen molar-refractivity contribution in [3.05, 3.63) is 0 Å². The molecule has 0 amide bonds. The molecule has 3 rings (SSSR count). The summed E-state index contributed by atoms with van der Waals surface area (Å²) in [5.41, 5.74) is 0. The van der Waals surface area contributed by atoms with Crippen molar-refractivity contribution >= 4 is 0 Å². The molecular weight excluding hydrogens is 208 g/mol. The first-order chi connectivity index (χ1) is 8.33. The van der Waals surface area contributed by atoms with Gasteiger partial charge in [-0.25, -0.2) is 0 Å². The molecule has 1 aliphatic carbocycles. The molecule has 17 heavy (non-hydrogen) atoms. The van der Waals surface area contributed by atoms with E-state index >= 15 is 0 Å². The van der Waals surface area contributed by atoms with E-state index in [-0.39, 0.29) is 0 Å². The van der Waals surface area contributed by atoms with Crippen LogP contribution in [0.15, 0.2) is 0 Å². The summed E-state index contributed by atoms with van der Waals surface area (Å²) in [5.74, 6) is 0.969.